The number of aliphatic imine (C=N–C) groups is 1. The minimum atomic E-state index is -0.166. The summed E-state index contributed by atoms with van der Waals surface area (Å²) in [5, 5.41) is 16.4. The van der Waals surface area contributed by atoms with Crippen molar-refractivity contribution in [2.24, 2.45) is 4.99 Å². The molecule has 0 aromatic heterocycles. The first-order valence-electron chi connectivity index (χ1n) is 9.13. The van der Waals surface area contributed by atoms with Crippen molar-refractivity contribution in [2.75, 3.05) is 27.9 Å². The van der Waals surface area contributed by atoms with Gasteiger partial charge in [0.15, 0.2) is 5.96 Å². The number of benzene rings is 1. The van der Waals surface area contributed by atoms with E-state index in [4.69, 9.17) is 19.2 Å². The van der Waals surface area contributed by atoms with Gasteiger partial charge in [0.05, 0.1) is 39.5 Å². The van der Waals surface area contributed by atoms with Crippen LogP contribution in [0.15, 0.2) is 17.1 Å². The van der Waals surface area contributed by atoms with E-state index in [0.29, 0.717) is 29.8 Å². The summed E-state index contributed by atoms with van der Waals surface area (Å²) in [6.45, 7) is 3.23. The number of methoxy groups -OCH3 is 3. The van der Waals surface area contributed by atoms with Crippen LogP contribution in [0.5, 0.6) is 17.2 Å². The fourth-order valence-electron chi connectivity index (χ4n) is 3.13. The number of halogens is 1. The zero-order valence-corrected chi connectivity index (χ0v) is 18.9. The average Bonchev–Trinajstić information content (AvgIpc) is 2.67. The normalized spacial score (nSPS) is 19.7. The highest BCUT2D eigenvalue weighted by Gasteiger charge is 2.20. The molecule has 0 saturated heterocycles. The summed E-state index contributed by atoms with van der Waals surface area (Å²) in [4.78, 5) is 4.70. The summed E-state index contributed by atoms with van der Waals surface area (Å²) < 4.78 is 16.3. The molecule has 0 amide bonds. The standard InChI is InChI=1S/C19H31N3O4.HI/c1-5-20-19(22-13-6-8-14(23)9-7-13)21-12-16-17(25-3)10-15(24-2)11-18(16)26-4;/h10-11,13-14,23H,5-9,12H2,1-4H3,(H2,20,21,22);1H. The minimum Gasteiger partial charge on any atom is -0.496 e. The van der Waals surface area contributed by atoms with Gasteiger partial charge in [-0.3, -0.25) is 0 Å². The van der Waals surface area contributed by atoms with Crippen LogP contribution in [-0.4, -0.2) is 51.1 Å². The van der Waals surface area contributed by atoms with E-state index >= 15 is 0 Å². The topological polar surface area (TPSA) is 84.3 Å². The highest BCUT2D eigenvalue weighted by Crippen LogP contribution is 2.34. The van der Waals surface area contributed by atoms with Gasteiger partial charge in [-0.05, 0) is 32.6 Å². The van der Waals surface area contributed by atoms with Gasteiger partial charge < -0.3 is 30.0 Å². The summed E-state index contributed by atoms with van der Waals surface area (Å²) in [7, 11) is 4.86. The van der Waals surface area contributed by atoms with Crippen molar-refractivity contribution in [3.8, 4) is 17.2 Å². The van der Waals surface area contributed by atoms with Crippen molar-refractivity contribution in [2.45, 2.75) is 51.3 Å². The molecule has 8 heteroatoms. The first-order valence-corrected chi connectivity index (χ1v) is 9.13. The molecule has 0 atom stereocenters. The van der Waals surface area contributed by atoms with E-state index in [1.54, 1.807) is 21.3 Å². The smallest absolute Gasteiger partial charge is 0.191 e. The van der Waals surface area contributed by atoms with Gasteiger partial charge in [0.25, 0.3) is 0 Å². The molecule has 0 radical (unpaired) electrons. The molecule has 0 spiro atoms. The highest BCUT2D eigenvalue weighted by molar-refractivity contribution is 14.0. The predicted molar refractivity (Wildman–Crippen MR) is 118 cm³/mol. The van der Waals surface area contributed by atoms with Crippen LogP contribution in [0, 0.1) is 0 Å². The van der Waals surface area contributed by atoms with Gasteiger partial charge >= 0.3 is 0 Å². The van der Waals surface area contributed by atoms with E-state index < -0.39 is 0 Å². The van der Waals surface area contributed by atoms with Crippen LogP contribution in [0.4, 0.5) is 0 Å². The van der Waals surface area contributed by atoms with E-state index in [-0.39, 0.29) is 30.1 Å². The Morgan fingerprint density at radius 3 is 2.15 bits per heavy atom. The van der Waals surface area contributed by atoms with Crippen molar-refractivity contribution >= 4 is 29.9 Å². The summed E-state index contributed by atoms with van der Waals surface area (Å²) in [5.74, 6) is 2.80. The summed E-state index contributed by atoms with van der Waals surface area (Å²) in [6, 6.07) is 3.99. The third-order valence-corrected chi connectivity index (χ3v) is 4.59. The molecule has 0 aliphatic heterocycles. The number of nitrogens with one attached hydrogen (secondary N) is 2. The van der Waals surface area contributed by atoms with Gasteiger partial charge in [-0.1, -0.05) is 0 Å². The van der Waals surface area contributed by atoms with Crippen molar-refractivity contribution in [3.63, 3.8) is 0 Å². The average molecular weight is 493 g/mol. The van der Waals surface area contributed by atoms with E-state index in [9.17, 15) is 5.11 Å². The lowest BCUT2D eigenvalue weighted by Crippen LogP contribution is -2.45. The fourth-order valence-corrected chi connectivity index (χ4v) is 3.13. The third kappa shape index (κ3) is 6.91. The van der Waals surface area contributed by atoms with Crippen LogP contribution < -0.4 is 24.8 Å². The van der Waals surface area contributed by atoms with Crippen molar-refractivity contribution < 1.29 is 19.3 Å². The molecule has 7 nitrogen and oxygen atoms in total. The van der Waals surface area contributed by atoms with E-state index in [2.05, 4.69) is 10.6 Å². The largest absolute Gasteiger partial charge is 0.496 e. The van der Waals surface area contributed by atoms with Gasteiger partial charge in [0.2, 0.25) is 0 Å². The second-order valence-electron chi connectivity index (χ2n) is 6.36. The molecule has 27 heavy (non-hydrogen) atoms. The molecule has 0 unspecified atom stereocenters. The Bertz CT molecular complexity index is 580. The van der Waals surface area contributed by atoms with Crippen LogP contribution >= 0.6 is 24.0 Å². The first-order chi connectivity index (χ1) is 12.6. The molecule has 1 aromatic carbocycles. The number of hydrogen-bond donors (Lipinski definition) is 3. The Hall–Kier alpha value is -1.42. The molecule has 2 rings (SSSR count). The maximum absolute atomic E-state index is 9.66. The van der Waals surface area contributed by atoms with E-state index in [1.807, 2.05) is 19.1 Å². The Balaban J connectivity index is 0.00000364. The molecular weight excluding hydrogens is 461 g/mol. The molecular formula is C19H32IN3O4. The fraction of sp³-hybridized carbons (Fsp3) is 0.632. The number of aliphatic hydroxyl groups is 1. The van der Waals surface area contributed by atoms with Crippen molar-refractivity contribution in [1.29, 1.82) is 0 Å². The van der Waals surface area contributed by atoms with Crippen LogP contribution in [-0.2, 0) is 6.54 Å². The molecule has 1 aliphatic carbocycles. The third-order valence-electron chi connectivity index (χ3n) is 4.59. The molecule has 1 fully saturated rings. The Kier molecular flexibility index (Phi) is 10.6. The predicted octanol–water partition coefficient (Wildman–Crippen LogP) is 2.69. The number of aliphatic hydroxyl groups excluding tert-OH is 1. The van der Waals surface area contributed by atoms with Crippen molar-refractivity contribution in [1.82, 2.24) is 10.6 Å². The summed E-state index contributed by atoms with van der Waals surface area (Å²) >= 11 is 0. The van der Waals surface area contributed by atoms with Crippen LogP contribution in [0.3, 0.4) is 0 Å². The lowest BCUT2D eigenvalue weighted by molar-refractivity contribution is 0.120. The Morgan fingerprint density at radius 2 is 1.67 bits per heavy atom. The van der Waals surface area contributed by atoms with Crippen LogP contribution in [0.25, 0.3) is 0 Å². The molecule has 154 valence electrons. The van der Waals surface area contributed by atoms with Crippen molar-refractivity contribution in [3.05, 3.63) is 17.7 Å². The van der Waals surface area contributed by atoms with Crippen LogP contribution in [0.2, 0.25) is 0 Å². The second-order valence-corrected chi connectivity index (χ2v) is 6.36. The maximum atomic E-state index is 9.66. The lowest BCUT2D eigenvalue weighted by Gasteiger charge is -2.27. The number of guanidine groups is 1. The maximum Gasteiger partial charge on any atom is 0.191 e. The SMILES string of the molecule is CCNC(=NCc1c(OC)cc(OC)cc1OC)NC1CCC(O)CC1.I. The molecule has 0 bridgehead atoms. The summed E-state index contributed by atoms with van der Waals surface area (Å²) in [5.41, 5.74) is 0.868. The van der Waals surface area contributed by atoms with Gasteiger partial charge in [0.1, 0.15) is 17.2 Å². The molecule has 3 N–H and O–H groups in total. The van der Waals surface area contributed by atoms with Gasteiger partial charge in [0, 0.05) is 24.7 Å². The highest BCUT2D eigenvalue weighted by atomic mass is 127. The number of ether oxygens (including phenoxy) is 3. The Labute approximate surface area is 178 Å². The van der Waals surface area contributed by atoms with Crippen LogP contribution in [0.1, 0.15) is 38.2 Å². The number of rotatable bonds is 7. The number of hydrogen-bond acceptors (Lipinski definition) is 5. The van der Waals surface area contributed by atoms with Gasteiger partial charge in [-0.15, -0.1) is 24.0 Å². The molecule has 1 aliphatic rings. The minimum absolute atomic E-state index is 0. The molecule has 0 heterocycles. The van der Waals surface area contributed by atoms with E-state index in [1.165, 1.54) is 0 Å². The zero-order valence-electron chi connectivity index (χ0n) is 16.6. The zero-order chi connectivity index (χ0) is 18.9. The van der Waals surface area contributed by atoms with Gasteiger partial charge in [-0.25, -0.2) is 4.99 Å². The summed E-state index contributed by atoms with van der Waals surface area (Å²) in [6.07, 6.45) is 3.39. The van der Waals surface area contributed by atoms with Gasteiger partial charge in [-0.2, -0.15) is 0 Å². The quantitative estimate of drug-likeness (QED) is 0.308. The number of nitrogens with zero attached hydrogens (tertiary/aromatic N) is 1. The Morgan fingerprint density at radius 1 is 1.07 bits per heavy atom. The molecule has 1 aromatic rings. The second kappa shape index (κ2) is 12.1. The molecule has 1 saturated carbocycles. The first kappa shape index (κ1) is 23.6. The van der Waals surface area contributed by atoms with E-state index in [0.717, 1.165) is 43.8 Å². The monoisotopic (exact) mass is 493 g/mol. The lowest BCUT2D eigenvalue weighted by atomic mass is 9.93.